The van der Waals surface area contributed by atoms with Crippen LogP contribution in [0.1, 0.15) is 15.9 Å². The Kier molecular flexibility index (Phi) is 4.36. The average molecular weight is 275 g/mol. The first-order valence-corrected chi connectivity index (χ1v) is 5.21. The maximum Gasteiger partial charge on any atom is 0.418 e. The fraction of sp³-hybridized carbons (Fsp3) is 0.273. The lowest BCUT2D eigenvalue weighted by atomic mass is 10.1. The summed E-state index contributed by atoms with van der Waals surface area (Å²) >= 11 is 0. The fourth-order valence-electron chi connectivity index (χ4n) is 1.51. The van der Waals surface area contributed by atoms with E-state index in [9.17, 15) is 22.8 Å². The number of hydrogen-bond acceptors (Lipinski definition) is 3. The molecule has 0 unspecified atom stereocenters. The van der Waals surface area contributed by atoms with Crippen LogP contribution >= 0.6 is 0 Å². The third-order valence-corrected chi connectivity index (χ3v) is 2.29. The van der Waals surface area contributed by atoms with Gasteiger partial charge in [-0.2, -0.15) is 13.2 Å². The lowest BCUT2D eigenvalue weighted by molar-refractivity contribution is -0.137. The van der Waals surface area contributed by atoms with Crippen molar-refractivity contribution in [1.29, 1.82) is 0 Å². The number of halogens is 3. The van der Waals surface area contributed by atoms with Gasteiger partial charge in [0, 0.05) is 7.05 Å². The van der Waals surface area contributed by atoms with Gasteiger partial charge in [0.2, 0.25) is 5.91 Å². The quantitative estimate of drug-likeness (QED) is 0.765. The van der Waals surface area contributed by atoms with Crippen LogP contribution < -0.4 is 16.4 Å². The van der Waals surface area contributed by atoms with Crippen LogP contribution in [-0.4, -0.2) is 25.4 Å². The molecule has 0 spiro atoms. The molecule has 0 aliphatic heterocycles. The second kappa shape index (κ2) is 5.59. The number of nitrogens with one attached hydrogen (secondary N) is 2. The number of alkyl halides is 3. The number of hydrogen-bond donors (Lipinski definition) is 3. The van der Waals surface area contributed by atoms with E-state index < -0.39 is 30.1 Å². The van der Waals surface area contributed by atoms with Gasteiger partial charge in [-0.3, -0.25) is 9.59 Å². The average Bonchev–Trinajstić information content (AvgIpc) is 2.33. The van der Waals surface area contributed by atoms with Gasteiger partial charge < -0.3 is 16.4 Å². The Hall–Kier alpha value is -2.25. The molecule has 0 aromatic heterocycles. The molecular formula is C11H12F3N3O2. The van der Waals surface area contributed by atoms with Crippen LogP contribution in [0, 0.1) is 0 Å². The van der Waals surface area contributed by atoms with E-state index in [1.54, 1.807) is 0 Å². The summed E-state index contributed by atoms with van der Waals surface area (Å²) in [5.74, 6) is -1.60. The number of carbonyl (C=O) groups is 2. The summed E-state index contributed by atoms with van der Waals surface area (Å²) in [5, 5.41) is 4.47. The zero-order chi connectivity index (χ0) is 14.6. The van der Waals surface area contributed by atoms with Crippen molar-refractivity contribution in [3.63, 3.8) is 0 Å². The van der Waals surface area contributed by atoms with E-state index in [2.05, 4.69) is 10.6 Å². The van der Waals surface area contributed by atoms with E-state index in [0.717, 1.165) is 12.1 Å². The molecule has 0 saturated carbocycles. The summed E-state index contributed by atoms with van der Waals surface area (Å²) in [6.07, 6.45) is -4.58. The molecule has 4 N–H and O–H groups in total. The van der Waals surface area contributed by atoms with Crippen molar-refractivity contribution in [1.82, 2.24) is 5.32 Å². The minimum atomic E-state index is -4.58. The van der Waals surface area contributed by atoms with Crippen molar-refractivity contribution in [2.45, 2.75) is 6.18 Å². The molecular weight excluding hydrogens is 263 g/mol. The molecule has 19 heavy (non-hydrogen) atoms. The Morgan fingerprint density at radius 3 is 2.42 bits per heavy atom. The van der Waals surface area contributed by atoms with Crippen molar-refractivity contribution in [2.75, 3.05) is 18.9 Å². The predicted octanol–water partition coefficient (Wildman–Crippen LogP) is 0.962. The SMILES string of the molecule is CNc1c(C(=O)NCC(N)=O)cccc1C(F)(F)F. The minimum absolute atomic E-state index is 0.210. The maximum atomic E-state index is 12.7. The minimum Gasteiger partial charge on any atom is -0.387 e. The van der Waals surface area contributed by atoms with E-state index in [1.807, 2.05) is 0 Å². The van der Waals surface area contributed by atoms with E-state index in [0.29, 0.717) is 0 Å². The molecule has 104 valence electrons. The third-order valence-electron chi connectivity index (χ3n) is 2.29. The summed E-state index contributed by atoms with van der Waals surface area (Å²) in [7, 11) is 1.27. The Balaban J connectivity index is 3.14. The summed E-state index contributed by atoms with van der Waals surface area (Å²) in [5.41, 5.74) is 3.32. The molecule has 2 amide bonds. The first-order valence-electron chi connectivity index (χ1n) is 5.21. The standard InChI is InChI=1S/C11H12F3N3O2/c1-16-9-6(10(19)17-5-8(15)18)3-2-4-7(9)11(12,13)14/h2-4,16H,5H2,1H3,(H2,15,18)(H,17,19). The molecule has 8 heteroatoms. The third kappa shape index (κ3) is 3.60. The molecule has 5 nitrogen and oxygen atoms in total. The van der Waals surface area contributed by atoms with Crippen molar-refractivity contribution in [2.24, 2.45) is 5.73 Å². The number of para-hydroxylation sites is 1. The molecule has 1 aromatic carbocycles. The Morgan fingerprint density at radius 2 is 1.95 bits per heavy atom. The number of amides is 2. The Labute approximate surface area is 107 Å². The van der Waals surface area contributed by atoms with E-state index in [1.165, 1.54) is 13.1 Å². The van der Waals surface area contributed by atoms with Gasteiger partial charge in [-0.25, -0.2) is 0 Å². The van der Waals surface area contributed by atoms with E-state index >= 15 is 0 Å². The molecule has 1 aromatic rings. The van der Waals surface area contributed by atoms with Gasteiger partial charge in [-0.15, -0.1) is 0 Å². The summed E-state index contributed by atoms with van der Waals surface area (Å²) in [6.45, 7) is -0.446. The maximum absolute atomic E-state index is 12.7. The molecule has 0 aliphatic carbocycles. The number of anilines is 1. The largest absolute Gasteiger partial charge is 0.418 e. The lowest BCUT2D eigenvalue weighted by Gasteiger charge is -2.16. The van der Waals surface area contributed by atoms with Crippen LogP contribution in [0.25, 0.3) is 0 Å². The van der Waals surface area contributed by atoms with Crippen molar-refractivity contribution < 1.29 is 22.8 Å². The van der Waals surface area contributed by atoms with Gasteiger partial charge in [-0.1, -0.05) is 6.07 Å². The van der Waals surface area contributed by atoms with Gasteiger partial charge in [0.25, 0.3) is 5.91 Å². The monoisotopic (exact) mass is 275 g/mol. The van der Waals surface area contributed by atoms with Gasteiger partial charge >= 0.3 is 6.18 Å². The molecule has 0 aliphatic rings. The highest BCUT2D eigenvalue weighted by molar-refractivity contribution is 6.01. The molecule has 1 rings (SSSR count). The van der Waals surface area contributed by atoms with Crippen molar-refractivity contribution in [3.05, 3.63) is 29.3 Å². The Morgan fingerprint density at radius 1 is 1.32 bits per heavy atom. The number of nitrogens with two attached hydrogens (primary N) is 1. The van der Waals surface area contributed by atoms with Gasteiger partial charge in [0.05, 0.1) is 23.4 Å². The molecule has 0 saturated heterocycles. The zero-order valence-corrected chi connectivity index (χ0v) is 9.97. The first kappa shape index (κ1) is 14.8. The molecule has 0 atom stereocenters. The molecule has 0 radical (unpaired) electrons. The summed E-state index contributed by atoms with van der Waals surface area (Å²) in [6, 6.07) is 3.19. The van der Waals surface area contributed by atoms with Gasteiger partial charge in [0.1, 0.15) is 0 Å². The number of rotatable bonds is 4. The van der Waals surface area contributed by atoms with E-state index in [-0.39, 0.29) is 11.3 Å². The van der Waals surface area contributed by atoms with Crippen LogP contribution in [0.15, 0.2) is 18.2 Å². The predicted molar refractivity (Wildman–Crippen MR) is 62.5 cm³/mol. The van der Waals surface area contributed by atoms with Crippen molar-refractivity contribution in [3.8, 4) is 0 Å². The van der Waals surface area contributed by atoms with Crippen LogP contribution in [0.4, 0.5) is 18.9 Å². The van der Waals surface area contributed by atoms with Crippen LogP contribution in [-0.2, 0) is 11.0 Å². The zero-order valence-electron chi connectivity index (χ0n) is 9.97. The second-order valence-corrected chi connectivity index (χ2v) is 3.62. The number of carbonyl (C=O) groups excluding carboxylic acids is 2. The molecule has 0 fully saturated rings. The highest BCUT2D eigenvalue weighted by Crippen LogP contribution is 2.36. The van der Waals surface area contributed by atoms with Crippen LogP contribution in [0.2, 0.25) is 0 Å². The van der Waals surface area contributed by atoms with E-state index in [4.69, 9.17) is 5.73 Å². The van der Waals surface area contributed by atoms with Crippen LogP contribution in [0.5, 0.6) is 0 Å². The fourth-order valence-corrected chi connectivity index (χ4v) is 1.51. The van der Waals surface area contributed by atoms with Crippen LogP contribution in [0.3, 0.4) is 0 Å². The van der Waals surface area contributed by atoms with Gasteiger partial charge in [-0.05, 0) is 12.1 Å². The summed E-state index contributed by atoms with van der Waals surface area (Å²) < 4.78 is 38.2. The highest BCUT2D eigenvalue weighted by atomic mass is 19.4. The first-order chi connectivity index (χ1) is 8.77. The van der Waals surface area contributed by atoms with Crippen molar-refractivity contribution >= 4 is 17.5 Å². The Bertz CT molecular complexity index is 500. The number of primary amides is 1. The smallest absolute Gasteiger partial charge is 0.387 e. The van der Waals surface area contributed by atoms with Gasteiger partial charge in [0.15, 0.2) is 0 Å². The topological polar surface area (TPSA) is 84.2 Å². The molecule has 0 bridgehead atoms. The number of benzene rings is 1. The normalized spacial score (nSPS) is 10.9. The highest BCUT2D eigenvalue weighted by Gasteiger charge is 2.34. The lowest BCUT2D eigenvalue weighted by Crippen LogP contribution is -2.33. The summed E-state index contributed by atoms with van der Waals surface area (Å²) in [4.78, 5) is 22.2. The molecule has 0 heterocycles. The second-order valence-electron chi connectivity index (χ2n) is 3.62.